The summed E-state index contributed by atoms with van der Waals surface area (Å²) < 4.78 is 15.5. The summed E-state index contributed by atoms with van der Waals surface area (Å²) >= 11 is 6.09. The van der Waals surface area contributed by atoms with Crippen LogP contribution in [0.25, 0.3) is 6.08 Å². The molecule has 0 saturated carbocycles. The van der Waals surface area contributed by atoms with E-state index in [9.17, 15) is 9.59 Å². The molecule has 0 bridgehead atoms. The second kappa shape index (κ2) is 8.38. The van der Waals surface area contributed by atoms with Crippen LogP contribution in [0.15, 0.2) is 71.4 Å². The highest BCUT2D eigenvalue weighted by molar-refractivity contribution is 6.32. The van der Waals surface area contributed by atoms with Crippen molar-refractivity contribution in [2.75, 3.05) is 7.11 Å². The average Bonchev–Trinajstić information content (AvgIpc) is 3.22. The van der Waals surface area contributed by atoms with E-state index in [-0.39, 0.29) is 22.9 Å². The van der Waals surface area contributed by atoms with E-state index in [1.165, 1.54) is 37.6 Å². The summed E-state index contributed by atoms with van der Waals surface area (Å²) in [6.07, 6.45) is 4.33. The molecule has 5 nitrogen and oxygen atoms in total. The van der Waals surface area contributed by atoms with Gasteiger partial charge >= 0.3 is 5.97 Å². The van der Waals surface area contributed by atoms with Crippen molar-refractivity contribution in [3.8, 4) is 11.5 Å². The molecule has 0 unspecified atom stereocenters. The number of ketones is 1. The van der Waals surface area contributed by atoms with Crippen molar-refractivity contribution in [2.45, 2.75) is 0 Å². The Balaban J connectivity index is 1.88. The van der Waals surface area contributed by atoms with Crippen molar-refractivity contribution < 1.29 is 23.5 Å². The van der Waals surface area contributed by atoms with Gasteiger partial charge < -0.3 is 13.9 Å². The summed E-state index contributed by atoms with van der Waals surface area (Å²) in [5.41, 5.74) is 0.911. The second-order valence-electron chi connectivity index (χ2n) is 5.45. The summed E-state index contributed by atoms with van der Waals surface area (Å²) in [7, 11) is 1.48. The summed E-state index contributed by atoms with van der Waals surface area (Å²) in [6, 6.07) is 14.8. The van der Waals surface area contributed by atoms with Crippen LogP contribution in [-0.2, 0) is 0 Å². The molecule has 0 aliphatic carbocycles. The summed E-state index contributed by atoms with van der Waals surface area (Å²) in [5, 5.41) is 0.528. The summed E-state index contributed by atoms with van der Waals surface area (Å²) in [4.78, 5) is 24.8. The van der Waals surface area contributed by atoms with E-state index in [4.69, 9.17) is 25.5 Å². The molecule has 6 heteroatoms. The maximum absolute atomic E-state index is 12.6. The SMILES string of the molecule is COc1ccc(C(=O)/C=C/c2ccccc2Cl)c(OC(=O)c2ccco2)c1. The number of furan rings is 1. The number of carbonyl (C=O) groups excluding carboxylic acids is 2. The third-order valence-electron chi connectivity index (χ3n) is 3.70. The first kappa shape index (κ1) is 18.5. The molecule has 136 valence electrons. The fourth-order valence-corrected chi connectivity index (χ4v) is 2.53. The molecule has 2 aromatic carbocycles. The largest absolute Gasteiger partial charge is 0.497 e. The molecule has 1 heterocycles. The zero-order valence-corrected chi connectivity index (χ0v) is 15.1. The zero-order valence-electron chi connectivity index (χ0n) is 14.3. The van der Waals surface area contributed by atoms with E-state index in [1.54, 1.807) is 36.4 Å². The molecule has 0 aliphatic rings. The maximum atomic E-state index is 12.6. The van der Waals surface area contributed by atoms with Crippen LogP contribution in [0.5, 0.6) is 11.5 Å². The van der Waals surface area contributed by atoms with E-state index in [2.05, 4.69) is 0 Å². The Morgan fingerprint density at radius 2 is 1.89 bits per heavy atom. The summed E-state index contributed by atoms with van der Waals surface area (Å²) in [6.45, 7) is 0. The van der Waals surface area contributed by atoms with Gasteiger partial charge in [0.1, 0.15) is 11.5 Å². The van der Waals surface area contributed by atoms with E-state index in [0.29, 0.717) is 16.3 Å². The minimum absolute atomic E-state index is 0.0304. The van der Waals surface area contributed by atoms with Crippen molar-refractivity contribution in [3.05, 3.63) is 88.8 Å². The molecule has 1 aromatic heterocycles. The van der Waals surface area contributed by atoms with Crippen LogP contribution >= 0.6 is 11.6 Å². The molecule has 3 aromatic rings. The number of hydrogen-bond acceptors (Lipinski definition) is 5. The highest BCUT2D eigenvalue weighted by atomic mass is 35.5. The Hall–Kier alpha value is -3.31. The fourth-order valence-electron chi connectivity index (χ4n) is 2.33. The standard InChI is InChI=1S/C21H15ClO5/c1-25-15-9-10-16(18(23)11-8-14-5-2-3-6-17(14)22)20(13-15)27-21(24)19-7-4-12-26-19/h2-13H,1H3/b11-8+. The highest BCUT2D eigenvalue weighted by Crippen LogP contribution is 2.27. The van der Waals surface area contributed by atoms with Crippen LogP contribution in [0.4, 0.5) is 0 Å². The molecule has 0 spiro atoms. The molecule has 0 aliphatic heterocycles. The van der Waals surface area contributed by atoms with E-state index in [1.807, 2.05) is 6.07 Å². The minimum atomic E-state index is -0.711. The minimum Gasteiger partial charge on any atom is -0.497 e. The Labute approximate surface area is 160 Å². The fraction of sp³-hybridized carbons (Fsp3) is 0.0476. The lowest BCUT2D eigenvalue weighted by atomic mass is 10.1. The smallest absolute Gasteiger partial charge is 0.379 e. The highest BCUT2D eigenvalue weighted by Gasteiger charge is 2.18. The zero-order chi connectivity index (χ0) is 19.2. The first-order chi connectivity index (χ1) is 13.1. The monoisotopic (exact) mass is 382 g/mol. The van der Waals surface area contributed by atoms with Gasteiger partial charge in [-0.1, -0.05) is 29.8 Å². The maximum Gasteiger partial charge on any atom is 0.379 e. The van der Waals surface area contributed by atoms with Gasteiger partial charge in [-0.05, 0) is 48.0 Å². The van der Waals surface area contributed by atoms with Crippen molar-refractivity contribution in [1.29, 1.82) is 0 Å². The van der Waals surface area contributed by atoms with Crippen LogP contribution in [0.3, 0.4) is 0 Å². The first-order valence-corrected chi connectivity index (χ1v) is 8.37. The van der Waals surface area contributed by atoms with Gasteiger partial charge in [-0.2, -0.15) is 0 Å². The molecule has 0 radical (unpaired) electrons. The van der Waals surface area contributed by atoms with Gasteiger partial charge in [-0.25, -0.2) is 4.79 Å². The molecule has 0 fully saturated rings. The number of carbonyl (C=O) groups is 2. The van der Waals surface area contributed by atoms with Crippen LogP contribution < -0.4 is 9.47 Å². The van der Waals surface area contributed by atoms with Crippen LogP contribution in [0.2, 0.25) is 5.02 Å². The van der Waals surface area contributed by atoms with Gasteiger partial charge in [-0.15, -0.1) is 0 Å². The third kappa shape index (κ3) is 4.46. The summed E-state index contributed by atoms with van der Waals surface area (Å²) in [5.74, 6) is -0.506. The number of halogens is 1. The third-order valence-corrected chi connectivity index (χ3v) is 4.04. The van der Waals surface area contributed by atoms with Crippen molar-refractivity contribution in [3.63, 3.8) is 0 Å². The van der Waals surface area contributed by atoms with Crippen LogP contribution in [0, 0.1) is 0 Å². The Bertz CT molecular complexity index is 990. The van der Waals surface area contributed by atoms with Crippen molar-refractivity contribution in [1.82, 2.24) is 0 Å². The molecular weight excluding hydrogens is 368 g/mol. The molecular formula is C21H15ClO5. The lowest BCUT2D eigenvalue weighted by Gasteiger charge is -2.09. The first-order valence-electron chi connectivity index (χ1n) is 7.99. The van der Waals surface area contributed by atoms with Gasteiger partial charge in [0.25, 0.3) is 0 Å². The average molecular weight is 383 g/mol. The number of methoxy groups -OCH3 is 1. The second-order valence-corrected chi connectivity index (χ2v) is 5.86. The Morgan fingerprint density at radius 1 is 1.07 bits per heavy atom. The number of allylic oxidation sites excluding steroid dienone is 1. The molecule has 0 amide bonds. The van der Waals surface area contributed by atoms with E-state index in [0.717, 1.165) is 0 Å². The number of hydrogen-bond donors (Lipinski definition) is 0. The van der Waals surface area contributed by atoms with Gasteiger partial charge in [0.15, 0.2) is 5.78 Å². The molecule has 3 rings (SSSR count). The van der Waals surface area contributed by atoms with Crippen molar-refractivity contribution in [2.24, 2.45) is 0 Å². The number of benzene rings is 2. The van der Waals surface area contributed by atoms with Gasteiger partial charge in [-0.3, -0.25) is 4.79 Å². The van der Waals surface area contributed by atoms with E-state index < -0.39 is 5.97 Å². The molecule has 0 N–H and O–H groups in total. The van der Waals surface area contributed by atoms with Crippen LogP contribution in [-0.4, -0.2) is 18.9 Å². The van der Waals surface area contributed by atoms with Gasteiger partial charge in [0.2, 0.25) is 5.76 Å². The predicted molar refractivity (Wildman–Crippen MR) is 101 cm³/mol. The number of esters is 1. The molecule has 27 heavy (non-hydrogen) atoms. The lowest BCUT2D eigenvalue weighted by molar-refractivity contribution is 0.0699. The predicted octanol–water partition coefficient (Wildman–Crippen LogP) is 5.06. The van der Waals surface area contributed by atoms with Gasteiger partial charge in [0, 0.05) is 11.1 Å². The Morgan fingerprint density at radius 3 is 2.59 bits per heavy atom. The molecule has 0 atom stereocenters. The molecule has 0 saturated heterocycles. The normalized spacial score (nSPS) is 10.7. The number of ether oxygens (including phenoxy) is 2. The number of rotatable bonds is 6. The van der Waals surface area contributed by atoms with E-state index >= 15 is 0 Å². The topological polar surface area (TPSA) is 65.7 Å². The lowest BCUT2D eigenvalue weighted by Crippen LogP contribution is -2.10. The Kier molecular flexibility index (Phi) is 5.74. The van der Waals surface area contributed by atoms with Crippen molar-refractivity contribution >= 4 is 29.4 Å². The van der Waals surface area contributed by atoms with Gasteiger partial charge in [0.05, 0.1) is 18.9 Å². The quantitative estimate of drug-likeness (QED) is 0.258. The van der Waals surface area contributed by atoms with Crippen LogP contribution in [0.1, 0.15) is 26.5 Å².